The van der Waals surface area contributed by atoms with Crippen LogP contribution in [0.1, 0.15) is 24.5 Å². The number of benzene rings is 2. The molecular weight excluding hydrogens is 297 g/mol. The average Bonchev–Trinajstić information content (AvgIpc) is 2.69. The monoisotopic (exact) mass is 313 g/mol. The minimum atomic E-state index is -1.10. The van der Waals surface area contributed by atoms with Crippen molar-refractivity contribution in [2.75, 3.05) is 4.90 Å². The summed E-state index contributed by atoms with van der Waals surface area (Å²) in [5.41, 5.74) is 0.942. The van der Waals surface area contributed by atoms with Crippen LogP contribution in [0.2, 0.25) is 0 Å². The van der Waals surface area contributed by atoms with Crippen molar-refractivity contribution in [3.05, 3.63) is 65.5 Å². The molecule has 0 saturated carbocycles. The van der Waals surface area contributed by atoms with Crippen LogP contribution in [0.4, 0.5) is 10.1 Å². The molecule has 0 aromatic heterocycles. The summed E-state index contributed by atoms with van der Waals surface area (Å²) in [5, 5.41) is 9.17. The van der Waals surface area contributed by atoms with E-state index in [1.54, 1.807) is 43.3 Å². The second-order valence-electron chi connectivity index (χ2n) is 5.94. The first-order chi connectivity index (χ1) is 10.9. The van der Waals surface area contributed by atoms with E-state index < -0.39 is 11.4 Å². The smallest absolute Gasteiger partial charge is 0.304 e. The fourth-order valence-corrected chi connectivity index (χ4v) is 3.15. The molecule has 2 aromatic carbocycles. The first-order valence-corrected chi connectivity index (χ1v) is 7.29. The highest BCUT2D eigenvalue weighted by molar-refractivity contribution is 6.09. The second kappa shape index (κ2) is 5.50. The number of halogens is 1. The molecule has 4 nitrogen and oxygen atoms in total. The SMILES string of the molecule is CC1(CC(=O)O)C(=O)N(Cc2cccc(F)c2)c2ccccc21. The van der Waals surface area contributed by atoms with E-state index in [9.17, 15) is 19.1 Å². The summed E-state index contributed by atoms with van der Waals surface area (Å²) in [6.45, 7) is 1.86. The lowest BCUT2D eigenvalue weighted by molar-refractivity contribution is -0.141. The molecule has 2 aromatic rings. The van der Waals surface area contributed by atoms with Crippen LogP contribution in [0.25, 0.3) is 0 Å². The van der Waals surface area contributed by atoms with Crippen LogP contribution in [0.15, 0.2) is 48.5 Å². The second-order valence-corrected chi connectivity index (χ2v) is 5.94. The Morgan fingerprint density at radius 2 is 1.96 bits per heavy atom. The molecule has 1 N–H and O–H groups in total. The third kappa shape index (κ3) is 2.59. The molecular formula is C18H16FNO3. The van der Waals surface area contributed by atoms with Crippen LogP contribution < -0.4 is 4.90 Å². The maximum atomic E-state index is 13.4. The van der Waals surface area contributed by atoms with Crippen molar-refractivity contribution in [3.8, 4) is 0 Å². The molecule has 3 rings (SSSR count). The van der Waals surface area contributed by atoms with Gasteiger partial charge in [0.05, 0.1) is 18.4 Å². The van der Waals surface area contributed by atoms with E-state index in [-0.39, 0.29) is 24.7 Å². The van der Waals surface area contributed by atoms with Gasteiger partial charge in [-0.2, -0.15) is 0 Å². The highest BCUT2D eigenvalue weighted by atomic mass is 19.1. The summed E-state index contributed by atoms with van der Waals surface area (Å²) >= 11 is 0. The molecule has 0 saturated heterocycles. The van der Waals surface area contributed by atoms with E-state index in [0.717, 1.165) is 0 Å². The molecule has 0 fully saturated rings. The van der Waals surface area contributed by atoms with Gasteiger partial charge >= 0.3 is 5.97 Å². The molecule has 1 atom stereocenters. The summed E-state index contributed by atoms with van der Waals surface area (Å²) in [7, 11) is 0. The molecule has 0 radical (unpaired) electrons. The molecule has 0 spiro atoms. The van der Waals surface area contributed by atoms with Gasteiger partial charge < -0.3 is 10.0 Å². The maximum Gasteiger partial charge on any atom is 0.304 e. The zero-order chi connectivity index (χ0) is 16.6. The first-order valence-electron chi connectivity index (χ1n) is 7.29. The lowest BCUT2D eigenvalue weighted by atomic mass is 9.81. The number of rotatable bonds is 4. The van der Waals surface area contributed by atoms with Crippen molar-refractivity contribution < 1.29 is 19.1 Å². The molecule has 0 aliphatic carbocycles. The van der Waals surface area contributed by atoms with Crippen LogP contribution in [0.5, 0.6) is 0 Å². The number of carboxylic acid groups (broad SMARTS) is 1. The first kappa shape index (κ1) is 15.2. The van der Waals surface area contributed by atoms with E-state index in [0.29, 0.717) is 16.8 Å². The fourth-order valence-electron chi connectivity index (χ4n) is 3.15. The number of hydrogen-bond donors (Lipinski definition) is 1. The van der Waals surface area contributed by atoms with Crippen molar-refractivity contribution >= 4 is 17.6 Å². The van der Waals surface area contributed by atoms with Gasteiger partial charge in [0.1, 0.15) is 5.82 Å². The topological polar surface area (TPSA) is 57.6 Å². The number of fused-ring (bicyclic) bond motifs is 1. The average molecular weight is 313 g/mol. The van der Waals surface area contributed by atoms with E-state index in [4.69, 9.17) is 0 Å². The Kier molecular flexibility index (Phi) is 3.64. The van der Waals surface area contributed by atoms with Gasteiger partial charge in [-0.25, -0.2) is 4.39 Å². The number of para-hydroxylation sites is 1. The highest BCUT2D eigenvalue weighted by Crippen LogP contribution is 2.44. The van der Waals surface area contributed by atoms with Crippen LogP contribution in [0.3, 0.4) is 0 Å². The fraction of sp³-hybridized carbons (Fsp3) is 0.222. The Labute approximate surface area is 133 Å². The van der Waals surface area contributed by atoms with Crippen molar-refractivity contribution in [2.45, 2.75) is 25.3 Å². The van der Waals surface area contributed by atoms with Crippen molar-refractivity contribution in [1.82, 2.24) is 0 Å². The molecule has 1 unspecified atom stereocenters. The van der Waals surface area contributed by atoms with Gasteiger partial charge in [-0.3, -0.25) is 9.59 Å². The van der Waals surface area contributed by atoms with Gasteiger partial charge in [0.15, 0.2) is 0 Å². The molecule has 23 heavy (non-hydrogen) atoms. The molecule has 1 aliphatic rings. The zero-order valence-corrected chi connectivity index (χ0v) is 12.6. The lowest BCUT2D eigenvalue weighted by Crippen LogP contribution is -2.39. The number of carbonyl (C=O) groups is 2. The number of amides is 1. The van der Waals surface area contributed by atoms with E-state index in [2.05, 4.69) is 0 Å². The van der Waals surface area contributed by atoms with Crippen LogP contribution >= 0.6 is 0 Å². The molecule has 1 heterocycles. The number of anilines is 1. The predicted molar refractivity (Wildman–Crippen MR) is 83.6 cm³/mol. The van der Waals surface area contributed by atoms with Gasteiger partial charge in [0.25, 0.3) is 0 Å². The van der Waals surface area contributed by atoms with Crippen molar-refractivity contribution in [3.63, 3.8) is 0 Å². The lowest BCUT2D eigenvalue weighted by Gasteiger charge is -2.23. The van der Waals surface area contributed by atoms with Gasteiger partial charge in [-0.15, -0.1) is 0 Å². The third-order valence-corrected chi connectivity index (χ3v) is 4.24. The Balaban J connectivity index is 2.02. The molecule has 1 amide bonds. The van der Waals surface area contributed by atoms with E-state index >= 15 is 0 Å². The normalized spacial score (nSPS) is 19.7. The Morgan fingerprint density at radius 1 is 1.22 bits per heavy atom. The summed E-state index contributed by atoms with van der Waals surface area (Å²) in [6.07, 6.45) is -0.275. The van der Waals surface area contributed by atoms with Crippen LogP contribution in [-0.4, -0.2) is 17.0 Å². The Hall–Kier alpha value is -2.69. The van der Waals surface area contributed by atoms with Gasteiger partial charge in [-0.05, 0) is 36.2 Å². The van der Waals surface area contributed by atoms with E-state index in [1.165, 1.54) is 17.0 Å². The van der Waals surface area contributed by atoms with E-state index in [1.807, 2.05) is 0 Å². The number of carboxylic acids is 1. The Bertz CT molecular complexity index is 789. The highest BCUT2D eigenvalue weighted by Gasteiger charge is 2.48. The maximum absolute atomic E-state index is 13.4. The molecule has 118 valence electrons. The standard InChI is InChI=1S/C18H16FNO3/c1-18(10-16(21)22)14-7-2-3-8-15(14)20(17(18)23)11-12-5-4-6-13(19)9-12/h2-9H,10-11H2,1H3,(H,21,22). The van der Waals surface area contributed by atoms with Crippen molar-refractivity contribution in [1.29, 1.82) is 0 Å². The largest absolute Gasteiger partial charge is 0.481 e. The zero-order valence-electron chi connectivity index (χ0n) is 12.6. The van der Waals surface area contributed by atoms with Gasteiger partial charge in [0.2, 0.25) is 5.91 Å². The molecule has 5 heteroatoms. The van der Waals surface area contributed by atoms with Crippen molar-refractivity contribution in [2.24, 2.45) is 0 Å². The third-order valence-electron chi connectivity index (χ3n) is 4.24. The summed E-state index contributed by atoms with van der Waals surface area (Å²) in [4.78, 5) is 25.6. The predicted octanol–water partition coefficient (Wildman–Crippen LogP) is 3.10. The number of nitrogens with zero attached hydrogens (tertiary/aromatic N) is 1. The van der Waals surface area contributed by atoms with Gasteiger partial charge in [-0.1, -0.05) is 30.3 Å². The quantitative estimate of drug-likeness (QED) is 0.943. The number of aliphatic carboxylic acids is 1. The minimum absolute atomic E-state index is 0.211. The number of hydrogen-bond acceptors (Lipinski definition) is 2. The Morgan fingerprint density at radius 3 is 2.65 bits per heavy atom. The van der Waals surface area contributed by atoms with Crippen LogP contribution in [0, 0.1) is 5.82 Å². The summed E-state index contributed by atoms with van der Waals surface area (Å²) in [6, 6.07) is 13.2. The minimum Gasteiger partial charge on any atom is -0.481 e. The van der Waals surface area contributed by atoms with Crippen LogP contribution in [-0.2, 0) is 21.5 Å². The summed E-state index contributed by atoms with van der Waals surface area (Å²) in [5.74, 6) is -1.66. The molecule has 0 bridgehead atoms. The number of carbonyl (C=O) groups excluding carboxylic acids is 1. The van der Waals surface area contributed by atoms with Gasteiger partial charge in [0, 0.05) is 5.69 Å². The molecule has 1 aliphatic heterocycles. The summed E-state index contributed by atoms with van der Waals surface area (Å²) < 4.78 is 13.4.